The van der Waals surface area contributed by atoms with E-state index in [2.05, 4.69) is 71.1 Å². The first-order chi connectivity index (χ1) is 18.5. The Morgan fingerprint density at radius 1 is 1.10 bits per heavy atom. The number of rotatable bonds is 9. The third-order valence-corrected chi connectivity index (χ3v) is 15.7. The van der Waals surface area contributed by atoms with Crippen LogP contribution in [0.1, 0.15) is 103 Å². The van der Waals surface area contributed by atoms with E-state index < -0.39 is 20.6 Å². The van der Waals surface area contributed by atoms with Crippen LogP contribution in [0.2, 0.25) is 18.1 Å². The Labute approximate surface area is 241 Å². The predicted molar refractivity (Wildman–Crippen MR) is 158 cm³/mol. The van der Waals surface area contributed by atoms with Gasteiger partial charge in [0.1, 0.15) is 11.9 Å². The van der Waals surface area contributed by atoms with Gasteiger partial charge in [-0.25, -0.2) is 0 Å². The molecule has 0 bridgehead atoms. The summed E-state index contributed by atoms with van der Waals surface area (Å²) in [7, 11) is -0.204. The van der Waals surface area contributed by atoms with Crippen LogP contribution in [-0.2, 0) is 10.8 Å². The lowest BCUT2D eigenvalue weighted by molar-refractivity contribution is -0.205. The zero-order chi connectivity index (χ0) is 29.6. The summed E-state index contributed by atoms with van der Waals surface area (Å²) in [5.41, 5.74) is 2.97. The van der Waals surface area contributed by atoms with E-state index in [1.54, 1.807) is 7.11 Å². The predicted octanol–water partition coefficient (Wildman–Crippen LogP) is 9.35. The van der Waals surface area contributed by atoms with Crippen LogP contribution in [0.15, 0.2) is 30.4 Å². The maximum atomic E-state index is 12.7. The molecule has 0 saturated heterocycles. The molecule has 0 heterocycles. The van der Waals surface area contributed by atoms with Gasteiger partial charge in [-0.1, -0.05) is 52.3 Å². The molecule has 40 heavy (non-hydrogen) atoms. The molecule has 7 heteroatoms. The fraction of sp³-hybridized carbons (Fsp3) is 0.758. The summed E-state index contributed by atoms with van der Waals surface area (Å²) >= 11 is 0. The summed E-state index contributed by atoms with van der Waals surface area (Å²) in [5, 5.41) is 9.52. The third-order valence-electron chi connectivity index (χ3n) is 11.2. The monoisotopic (exact) mass is 580 g/mol. The van der Waals surface area contributed by atoms with Crippen LogP contribution in [0.3, 0.4) is 0 Å². The van der Waals surface area contributed by atoms with Gasteiger partial charge in [0.25, 0.3) is 0 Å². The van der Waals surface area contributed by atoms with E-state index in [0.717, 1.165) is 50.7 Å². The zero-order valence-corrected chi connectivity index (χ0v) is 26.7. The topological polar surface area (TPSA) is 38.7 Å². The number of methoxy groups -OCH3 is 1. The number of halogens is 3. The van der Waals surface area contributed by atoms with Gasteiger partial charge in [0.05, 0.1) is 13.2 Å². The number of allylic oxidation sites excluding steroid dienone is 2. The number of unbranched alkanes of at least 4 members (excludes halogenated alkanes) is 2. The minimum absolute atomic E-state index is 0.0195. The molecule has 0 aromatic heterocycles. The van der Waals surface area contributed by atoms with E-state index in [4.69, 9.17) is 9.16 Å². The largest absolute Gasteiger partial charge is 0.497 e. The minimum Gasteiger partial charge on any atom is -0.497 e. The van der Waals surface area contributed by atoms with Crippen molar-refractivity contribution in [2.75, 3.05) is 7.11 Å². The van der Waals surface area contributed by atoms with Gasteiger partial charge in [0.15, 0.2) is 8.32 Å². The highest BCUT2D eigenvalue weighted by atomic mass is 28.4. The summed E-state index contributed by atoms with van der Waals surface area (Å²) in [6.07, 6.45) is 6.37. The average Bonchev–Trinajstić information content (AvgIpc) is 3.20. The van der Waals surface area contributed by atoms with Crippen LogP contribution in [-0.4, -0.2) is 38.9 Å². The molecule has 3 nitrogen and oxygen atoms in total. The SMILES string of the molecule is COc1ccc2c(c1)CC[C@]1(C=CCCCC[C@@H](O)C(F)(F)F)[C@@H]2CC[C@]2(C)[C@@H](O[Si](C)(C)C(C)(C)C)CC[C@H]21. The molecule has 1 N–H and O–H groups in total. The van der Waals surface area contributed by atoms with Crippen molar-refractivity contribution in [3.05, 3.63) is 41.5 Å². The molecule has 2 saturated carbocycles. The third kappa shape index (κ3) is 5.94. The highest BCUT2D eigenvalue weighted by Gasteiger charge is 2.62. The molecule has 6 atom stereocenters. The first-order valence-electron chi connectivity index (χ1n) is 15.3. The number of aliphatic hydroxyl groups excluding tert-OH is 1. The normalized spacial score (nSPS) is 31.5. The first kappa shape index (κ1) is 31.6. The van der Waals surface area contributed by atoms with E-state index >= 15 is 0 Å². The van der Waals surface area contributed by atoms with Gasteiger partial charge >= 0.3 is 6.18 Å². The first-order valence-corrected chi connectivity index (χ1v) is 18.2. The number of fused-ring (bicyclic) bond motifs is 5. The summed E-state index contributed by atoms with van der Waals surface area (Å²) < 4.78 is 50.8. The maximum absolute atomic E-state index is 12.7. The number of ether oxygens (including phenoxy) is 1. The number of hydrogen-bond donors (Lipinski definition) is 1. The number of hydrogen-bond acceptors (Lipinski definition) is 3. The second-order valence-electron chi connectivity index (χ2n) is 14.5. The lowest BCUT2D eigenvalue weighted by atomic mass is 9.47. The Hall–Kier alpha value is -1.31. The molecule has 4 rings (SSSR count). The van der Waals surface area contributed by atoms with Crippen molar-refractivity contribution in [2.45, 2.75) is 134 Å². The molecule has 0 unspecified atom stereocenters. The smallest absolute Gasteiger partial charge is 0.414 e. The van der Waals surface area contributed by atoms with Gasteiger partial charge in [-0.15, -0.1) is 0 Å². The number of alkyl halides is 3. The Balaban J connectivity index is 1.60. The van der Waals surface area contributed by atoms with Crippen LogP contribution in [0.25, 0.3) is 0 Å². The van der Waals surface area contributed by atoms with Crippen molar-refractivity contribution in [2.24, 2.45) is 16.7 Å². The Bertz CT molecular complexity index is 1060. The minimum atomic E-state index is -4.53. The summed E-state index contributed by atoms with van der Waals surface area (Å²) in [6, 6.07) is 6.58. The molecule has 0 aliphatic heterocycles. The van der Waals surface area contributed by atoms with E-state index in [9.17, 15) is 18.3 Å². The van der Waals surface area contributed by atoms with Gasteiger partial charge in [-0.3, -0.25) is 0 Å². The van der Waals surface area contributed by atoms with E-state index in [1.165, 1.54) is 11.1 Å². The molecule has 1 aromatic rings. The fourth-order valence-electron chi connectivity index (χ4n) is 7.90. The molecular weight excluding hydrogens is 529 g/mol. The molecule has 1 aromatic carbocycles. The molecule has 2 fully saturated rings. The second-order valence-corrected chi connectivity index (χ2v) is 19.3. The molecule has 3 aliphatic rings. The van der Waals surface area contributed by atoms with Crippen molar-refractivity contribution < 1.29 is 27.4 Å². The summed E-state index contributed by atoms with van der Waals surface area (Å²) in [4.78, 5) is 0. The Morgan fingerprint density at radius 2 is 1.82 bits per heavy atom. The molecule has 0 radical (unpaired) electrons. The van der Waals surface area contributed by atoms with Gasteiger partial charge in [0.2, 0.25) is 0 Å². The van der Waals surface area contributed by atoms with Crippen molar-refractivity contribution in [1.29, 1.82) is 0 Å². The Kier molecular flexibility index (Phi) is 9.02. The van der Waals surface area contributed by atoms with Gasteiger partial charge in [-0.2, -0.15) is 13.2 Å². The number of benzene rings is 1. The van der Waals surface area contributed by atoms with Crippen LogP contribution in [0, 0.1) is 16.7 Å². The van der Waals surface area contributed by atoms with Gasteiger partial charge < -0.3 is 14.3 Å². The quantitative estimate of drug-likeness (QED) is 0.180. The van der Waals surface area contributed by atoms with Crippen LogP contribution < -0.4 is 4.74 Å². The molecule has 0 amide bonds. The lowest BCUT2D eigenvalue weighted by Crippen LogP contribution is -2.53. The summed E-state index contributed by atoms with van der Waals surface area (Å²) in [5.74, 6) is 1.84. The van der Waals surface area contributed by atoms with Crippen molar-refractivity contribution >= 4 is 8.32 Å². The van der Waals surface area contributed by atoms with E-state index in [0.29, 0.717) is 24.7 Å². The van der Waals surface area contributed by atoms with E-state index in [-0.39, 0.29) is 28.4 Å². The molecule has 3 aliphatic carbocycles. The molecule has 226 valence electrons. The molecular formula is C33H51F3O3Si. The van der Waals surface area contributed by atoms with Gasteiger partial charge in [0, 0.05) is 0 Å². The molecule has 0 spiro atoms. The highest BCUT2D eigenvalue weighted by Crippen LogP contribution is 2.68. The van der Waals surface area contributed by atoms with Crippen molar-refractivity contribution in [3.63, 3.8) is 0 Å². The number of aryl methyl sites for hydroxylation is 1. The highest BCUT2D eigenvalue weighted by molar-refractivity contribution is 6.74. The maximum Gasteiger partial charge on any atom is 0.414 e. The average molecular weight is 581 g/mol. The Morgan fingerprint density at radius 3 is 2.48 bits per heavy atom. The van der Waals surface area contributed by atoms with Crippen LogP contribution >= 0.6 is 0 Å². The summed E-state index contributed by atoms with van der Waals surface area (Å²) in [6.45, 7) is 14.2. The van der Waals surface area contributed by atoms with E-state index in [1.807, 2.05) is 0 Å². The standard InChI is InChI=1S/C33H51F3O3Si/c1-30(2,3)40(6,7)39-29-16-15-27-31(29,4)20-18-26-25-14-13-24(38-5)22-23(25)17-21-32(26,27)19-11-9-8-10-12-28(37)33(34,35)36/h11,13-14,19,22,26-29,37H,8-10,12,15-18,20-21H2,1-7H3/t26-,27-,28-,29+,31+,32-/m1/s1. The van der Waals surface area contributed by atoms with Crippen molar-refractivity contribution in [1.82, 2.24) is 0 Å². The zero-order valence-electron chi connectivity index (χ0n) is 25.7. The second kappa shape index (κ2) is 11.4. The van der Waals surface area contributed by atoms with Crippen LogP contribution in [0.5, 0.6) is 5.75 Å². The van der Waals surface area contributed by atoms with Gasteiger partial charge in [-0.05, 0) is 122 Å². The van der Waals surface area contributed by atoms with Crippen molar-refractivity contribution in [3.8, 4) is 5.75 Å². The number of aliphatic hydroxyl groups is 1. The fourth-order valence-corrected chi connectivity index (χ4v) is 9.36. The van der Waals surface area contributed by atoms with Crippen LogP contribution in [0.4, 0.5) is 13.2 Å². The lowest BCUT2D eigenvalue weighted by Gasteiger charge is -2.58.